The van der Waals surface area contributed by atoms with Gasteiger partial charge < -0.3 is 30.0 Å². The number of rotatable bonds is 14. The minimum absolute atomic E-state index is 0.0336. The fourth-order valence-electron chi connectivity index (χ4n) is 9.40. The number of primary amides is 1. The minimum atomic E-state index is -1.06. The number of amides is 5. The van der Waals surface area contributed by atoms with Crippen molar-refractivity contribution in [2.45, 2.75) is 69.7 Å². The predicted molar refractivity (Wildman–Crippen MR) is 238 cm³/mol. The number of fused-ring (bicyclic) bond motifs is 2. The standard InChI is InChI=1S/C49H48N8O7/c50-44-42-40(30-8-3-1-4-9-30)43(31-10-5-2-6-11-31)55(46(42)53-28-56(44)33-15-17-34(58)18-16-33)27-29-14-19-35(45(51)60)32(26-29)22-24-64-25-23-52-37-13-7-12-36-41(37)49(63)57(48(36)62)38-20-21-39(59)54-47(38)61/h1-14,19,26,28,33-34,38,50,52,58H,15-18,20-25,27H2,(H2,51,60)(H,54,59,61). The summed E-state index contributed by atoms with van der Waals surface area (Å²) in [5.41, 5.74) is 13.4. The number of carbonyl (C=O) groups is 5. The molecule has 2 aliphatic heterocycles. The molecule has 326 valence electrons. The summed E-state index contributed by atoms with van der Waals surface area (Å²) in [4.78, 5) is 69.7. The van der Waals surface area contributed by atoms with Crippen molar-refractivity contribution in [3.05, 3.63) is 137 Å². The van der Waals surface area contributed by atoms with Gasteiger partial charge in [-0.1, -0.05) is 78.9 Å². The van der Waals surface area contributed by atoms with Crippen molar-refractivity contribution < 1.29 is 33.8 Å². The van der Waals surface area contributed by atoms with Gasteiger partial charge in [-0.3, -0.25) is 39.6 Å². The van der Waals surface area contributed by atoms with Gasteiger partial charge in [0.2, 0.25) is 17.7 Å². The average Bonchev–Trinajstić information content (AvgIpc) is 3.76. The van der Waals surface area contributed by atoms with Crippen LogP contribution in [0.2, 0.25) is 0 Å². The molecule has 1 unspecified atom stereocenters. The van der Waals surface area contributed by atoms with Crippen LogP contribution in [0.15, 0.2) is 103 Å². The number of nitrogens with one attached hydrogen (secondary N) is 3. The van der Waals surface area contributed by atoms with Crippen molar-refractivity contribution in [3.8, 4) is 22.4 Å². The first-order valence-electron chi connectivity index (χ1n) is 21.6. The van der Waals surface area contributed by atoms with Gasteiger partial charge in [-0.25, -0.2) is 4.98 Å². The molecule has 64 heavy (non-hydrogen) atoms. The van der Waals surface area contributed by atoms with Gasteiger partial charge >= 0.3 is 0 Å². The van der Waals surface area contributed by atoms with Crippen molar-refractivity contribution in [2.75, 3.05) is 25.1 Å². The van der Waals surface area contributed by atoms with E-state index in [0.717, 1.165) is 51.1 Å². The molecule has 5 amide bonds. The van der Waals surface area contributed by atoms with Crippen LogP contribution < -0.4 is 21.9 Å². The maximum absolute atomic E-state index is 13.5. The lowest BCUT2D eigenvalue weighted by Gasteiger charge is -2.27. The van der Waals surface area contributed by atoms with Gasteiger partial charge in [0, 0.05) is 42.4 Å². The molecule has 1 atom stereocenters. The van der Waals surface area contributed by atoms with Crippen LogP contribution in [0.4, 0.5) is 5.69 Å². The minimum Gasteiger partial charge on any atom is -0.393 e. The molecule has 4 aromatic carbocycles. The Kier molecular flexibility index (Phi) is 11.7. The largest absolute Gasteiger partial charge is 0.393 e. The normalized spacial score (nSPS) is 18.6. The van der Waals surface area contributed by atoms with Gasteiger partial charge in [0.1, 0.15) is 17.2 Å². The van der Waals surface area contributed by atoms with Crippen LogP contribution in [-0.2, 0) is 27.3 Å². The van der Waals surface area contributed by atoms with E-state index in [-0.39, 0.29) is 49.3 Å². The summed E-state index contributed by atoms with van der Waals surface area (Å²) in [5, 5.41) is 26.1. The van der Waals surface area contributed by atoms with E-state index in [4.69, 9.17) is 15.5 Å². The number of imide groups is 2. The topological polar surface area (TPSA) is 215 Å². The summed E-state index contributed by atoms with van der Waals surface area (Å²) in [6.45, 7) is 1.15. The molecule has 9 rings (SSSR count). The maximum Gasteiger partial charge on any atom is 0.264 e. The molecule has 15 nitrogen and oxygen atoms in total. The van der Waals surface area contributed by atoms with Crippen molar-refractivity contribution in [1.29, 1.82) is 5.41 Å². The van der Waals surface area contributed by atoms with Gasteiger partial charge in [0.05, 0.1) is 47.9 Å². The first-order chi connectivity index (χ1) is 31.1. The third-order valence-corrected chi connectivity index (χ3v) is 12.5. The van der Waals surface area contributed by atoms with Crippen LogP contribution in [0.3, 0.4) is 0 Å². The smallest absolute Gasteiger partial charge is 0.264 e. The molecule has 6 aromatic rings. The Labute approximate surface area is 368 Å². The molecule has 1 aliphatic carbocycles. The van der Waals surface area contributed by atoms with E-state index in [9.17, 15) is 34.5 Å². The van der Waals surface area contributed by atoms with Crippen molar-refractivity contribution in [1.82, 2.24) is 24.3 Å². The van der Waals surface area contributed by atoms with E-state index in [1.165, 1.54) is 0 Å². The highest BCUT2D eigenvalue weighted by Gasteiger charge is 2.45. The Bertz CT molecular complexity index is 2870. The third kappa shape index (κ3) is 7.99. The van der Waals surface area contributed by atoms with Crippen LogP contribution in [0, 0.1) is 5.41 Å². The van der Waals surface area contributed by atoms with E-state index >= 15 is 0 Å². The predicted octanol–water partition coefficient (Wildman–Crippen LogP) is 5.35. The summed E-state index contributed by atoms with van der Waals surface area (Å²) in [7, 11) is 0. The second kappa shape index (κ2) is 17.9. The molecule has 1 saturated carbocycles. The molecule has 3 aliphatic rings. The Balaban J connectivity index is 0.952. The van der Waals surface area contributed by atoms with E-state index in [1.54, 1.807) is 30.6 Å². The average molecular weight is 861 g/mol. The zero-order valence-corrected chi connectivity index (χ0v) is 35.1. The first kappa shape index (κ1) is 42.1. The summed E-state index contributed by atoms with van der Waals surface area (Å²) in [6.07, 6.45) is 4.79. The monoisotopic (exact) mass is 860 g/mol. The lowest BCUT2D eigenvalue weighted by atomic mass is 9.93. The Morgan fingerprint density at radius 1 is 0.859 bits per heavy atom. The summed E-state index contributed by atoms with van der Waals surface area (Å²) in [5.74, 6) is -2.85. The van der Waals surface area contributed by atoms with E-state index in [2.05, 4.69) is 39.5 Å². The van der Waals surface area contributed by atoms with Crippen molar-refractivity contribution >= 4 is 46.3 Å². The first-order valence-corrected chi connectivity index (χ1v) is 21.6. The number of ether oxygens (including phenoxy) is 1. The number of hydrogen-bond donors (Lipinski definition) is 5. The van der Waals surface area contributed by atoms with Gasteiger partial charge in [-0.15, -0.1) is 0 Å². The second-order valence-corrected chi connectivity index (χ2v) is 16.5. The van der Waals surface area contributed by atoms with E-state index in [1.807, 2.05) is 53.1 Å². The molecule has 2 aromatic heterocycles. The molecule has 2 fully saturated rings. The van der Waals surface area contributed by atoms with E-state index < -0.39 is 35.6 Å². The number of aromatic nitrogens is 3. The van der Waals surface area contributed by atoms with Crippen molar-refractivity contribution in [2.24, 2.45) is 5.73 Å². The highest BCUT2D eigenvalue weighted by atomic mass is 16.5. The molecule has 0 radical (unpaired) electrons. The quantitative estimate of drug-likeness (QED) is 0.0705. The lowest BCUT2D eigenvalue weighted by Crippen LogP contribution is -2.54. The molecule has 0 spiro atoms. The number of hydrogen-bond acceptors (Lipinski definition) is 10. The van der Waals surface area contributed by atoms with Crippen LogP contribution in [-0.4, -0.2) is 85.6 Å². The molecule has 15 heteroatoms. The van der Waals surface area contributed by atoms with Gasteiger partial charge in [0.15, 0.2) is 0 Å². The van der Waals surface area contributed by atoms with Crippen LogP contribution in [0.5, 0.6) is 0 Å². The zero-order chi connectivity index (χ0) is 44.5. The number of nitrogens with zero attached hydrogens (tertiary/aromatic N) is 4. The fourth-order valence-corrected chi connectivity index (χ4v) is 9.40. The van der Waals surface area contributed by atoms with Crippen LogP contribution in [0.1, 0.15) is 86.8 Å². The Morgan fingerprint density at radius 3 is 2.31 bits per heavy atom. The number of anilines is 1. The van der Waals surface area contributed by atoms with Gasteiger partial charge in [0.25, 0.3) is 11.8 Å². The second-order valence-electron chi connectivity index (χ2n) is 16.5. The molecule has 1 saturated heterocycles. The Morgan fingerprint density at radius 2 is 1.59 bits per heavy atom. The fraction of sp³-hybridized carbons (Fsp3) is 0.286. The number of aliphatic hydroxyl groups is 1. The molecule has 0 bridgehead atoms. The molecule has 6 N–H and O–H groups in total. The highest BCUT2D eigenvalue weighted by Crippen LogP contribution is 2.40. The van der Waals surface area contributed by atoms with Crippen molar-refractivity contribution in [3.63, 3.8) is 0 Å². The number of aliphatic hydroxyl groups excluding tert-OH is 1. The molecule has 4 heterocycles. The van der Waals surface area contributed by atoms with Crippen LogP contribution in [0.25, 0.3) is 33.4 Å². The zero-order valence-electron chi connectivity index (χ0n) is 35.1. The van der Waals surface area contributed by atoms with Crippen LogP contribution >= 0.6 is 0 Å². The maximum atomic E-state index is 13.5. The third-order valence-electron chi connectivity index (χ3n) is 12.5. The lowest BCUT2D eigenvalue weighted by molar-refractivity contribution is -0.136. The number of nitrogens with two attached hydrogens (primary N) is 1. The number of carbonyl (C=O) groups excluding carboxylic acids is 5. The molecular weight excluding hydrogens is 813 g/mol. The number of benzene rings is 4. The van der Waals surface area contributed by atoms with Gasteiger partial charge in [-0.05, 0) is 79.0 Å². The SMILES string of the molecule is N=c1c2c(-c3ccccc3)c(-c3ccccc3)n(Cc3ccc(C(N)=O)c(CCOCCNc4cccc5c4C(=O)N(C4CCC(=O)NC4=O)C5=O)c3)c2ncn1C1CCC(O)CC1. The summed E-state index contributed by atoms with van der Waals surface area (Å²) < 4.78 is 10.1. The van der Waals surface area contributed by atoms with E-state index in [0.29, 0.717) is 60.3 Å². The summed E-state index contributed by atoms with van der Waals surface area (Å²) in [6, 6.07) is 29.6. The van der Waals surface area contributed by atoms with Gasteiger partial charge in [-0.2, -0.15) is 0 Å². The highest BCUT2D eigenvalue weighted by molar-refractivity contribution is 6.25. The number of piperidine rings is 1. The molecular formula is C49H48N8O7. The Hall–Kier alpha value is -7.23. The summed E-state index contributed by atoms with van der Waals surface area (Å²) >= 11 is 0.